The molecule has 0 saturated heterocycles. The fourth-order valence-corrected chi connectivity index (χ4v) is 6.67. The molecule has 0 N–H and O–H groups in total. The minimum Gasteiger partial charge on any atom is -0.318 e. The van der Waals surface area contributed by atoms with Crippen LogP contribution in [0.5, 0.6) is 0 Å². The molecule has 232 valence electrons. The van der Waals surface area contributed by atoms with Gasteiger partial charge < -0.3 is 4.57 Å². The highest BCUT2D eigenvalue weighted by Crippen LogP contribution is 2.32. The molecule has 0 unspecified atom stereocenters. The van der Waals surface area contributed by atoms with Crippen molar-refractivity contribution in [2.75, 3.05) is 0 Å². The van der Waals surface area contributed by atoms with Crippen LogP contribution in [0.25, 0.3) is 11.1 Å². The van der Waals surface area contributed by atoms with Crippen LogP contribution in [0.3, 0.4) is 0 Å². The minimum absolute atomic E-state index is 0.0145. The summed E-state index contributed by atoms with van der Waals surface area (Å²) < 4.78 is 1.63. The van der Waals surface area contributed by atoms with Crippen LogP contribution in [-0.2, 0) is 55.2 Å². The van der Waals surface area contributed by atoms with Gasteiger partial charge in [-0.1, -0.05) is 41.9 Å². The lowest BCUT2D eigenvalue weighted by molar-refractivity contribution is -0.119. The van der Waals surface area contributed by atoms with E-state index in [1.165, 1.54) is 16.7 Å². The number of hydrogen-bond acceptors (Lipinski definition) is 5. The second-order valence-electron chi connectivity index (χ2n) is 12.3. The summed E-state index contributed by atoms with van der Waals surface area (Å²) >= 11 is 6.33. The van der Waals surface area contributed by atoms with Crippen LogP contribution in [0, 0.1) is 6.92 Å². The van der Waals surface area contributed by atoms with Gasteiger partial charge in [0.25, 0.3) is 5.56 Å². The number of aromatic nitrogens is 3. The Morgan fingerprint density at radius 2 is 1.28 bits per heavy atom. The molecule has 3 aromatic heterocycles. The maximum atomic E-state index is 12.1. The van der Waals surface area contributed by atoms with E-state index in [1.54, 1.807) is 24.0 Å². The lowest BCUT2D eigenvalue weighted by Gasteiger charge is -2.20. The number of pyridine rings is 3. The first-order chi connectivity index (χ1) is 22.2. The first kappa shape index (κ1) is 31.3. The van der Waals surface area contributed by atoms with Gasteiger partial charge in [-0.3, -0.25) is 24.4 Å². The predicted octanol–water partition coefficient (Wildman–Crippen LogP) is 6.79. The molecule has 0 atom stereocenters. The third-order valence-electron chi connectivity index (χ3n) is 8.82. The molecule has 2 aliphatic carbocycles. The van der Waals surface area contributed by atoms with Crippen molar-refractivity contribution < 1.29 is 9.59 Å². The monoisotopic (exact) mass is 629 g/mol. The van der Waals surface area contributed by atoms with E-state index < -0.39 is 0 Å². The first-order valence-electron chi connectivity index (χ1n) is 15.7. The second kappa shape index (κ2) is 13.8. The van der Waals surface area contributed by atoms with Crippen LogP contribution in [0.2, 0.25) is 5.02 Å². The smallest absolute Gasteiger partial charge is 0.253 e. The van der Waals surface area contributed by atoms with Crippen LogP contribution >= 0.6 is 11.6 Å². The average molecular weight is 630 g/mol. The zero-order valence-electron chi connectivity index (χ0n) is 26.2. The van der Waals surface area contributed by atoms with Crippen LogP contribution in [0.15, 0.2) is 90.4 Å². The molecule has 0 spiro atoms. The van der Waals surface area contributed by atoms with E-state index in [-0.39, 0.29) is 5.56 Å². The lowest BCUT2D eigenvalue weighted by Crippen LogP contribution is -2.19. The van der Waals surface area contributed by atoms with E-state index in [0.29, 0.717) is 37.2 Å². The maximum Gasteiger partial charge on any atom is 0.253 e. The molecule has 0 aliphatic heterocycles. The fourth-order valence-electron chi connectivity index (χ4n) is 6.42. The van der Waals surface area contributed by atoms with Gasteiger partial charge in [0.2, 0.25) is 0 Å². The number of benzene rings is 2. The minimum atomic E-state index is 0.0145. The van der Waals surface area contributed by atoms with Crippen molar-refractivity contribution >= 4 is 23.2 Å². The van der Waals surface area contributed by atoms with Crippen LogP contribution in [0.1, 0.15) is 62.9 Å². The van der Waals surface area contributed by atoms with Gasteiger partial charge in [0, 0.05) is 80.7 Å². The molecule has 0 radical (unpaired) electrons. The van der Waals surface area contributed by atoms with E-state index in [2.05, 4.69) is 34.2 Å². The average Bonchev–Trinajstić information content (AvgIpc) is 3.05. The van der Waals surface area contributed by atoms with Crippen molar-refractivity contribution in [3.05, 3.63) is 151 Å². The Kier molecular flexibility index (Phi) is 9.36. The Balaban J connectivity index is 0.000000172. The van der Waals surface area contributed by atoms with Crippen molar-refractivity contribution in [1.29, 1.82) is 0 Å². The summed E-state index contributed by atoms with van der Waals surface area (Å²) in [6.45, 7) is 1.84. The number of fused-ring (bicyclic) bond motifs is 2. The predicted molar refractivity (Wildman–Crippen MR) is 181 cm³/mol. The molecule has 0 fully saturated rings. The van der Waals surface area contributed by atoms with Gasteiger partial charge in [-0.05, 0) is 106 Å². The molecule has 0 amide bonds. The van der Waals surface area contributed by atoms with E-state index >= 15 is 0 Å². The summed E-state index contributed by atoms with van der Waals surface area (Å²) in [4.78, 5) is 43.9. The van der Waals surface area contributed by atoms with Gasteiger partial charge in [-0.2, -0.15) is 0 Å². The van der Waals surface area contributed by atoms with E-state index in [0.717, 1.165) is 75.2 Å². The Labute approximate surface area is 274 Å². The molecular formula is C39H36ClN3O3. The largest absolute Gasteiger partial charge is 0.318 e. The van der Waals surface area contributed by atoms with E-state index in [4.69, 9.17) is 11.6 Å². The molecule has 3 heterocycles. The Morgan fingerprint density at radius 3 is 1.85 bits per heavy atom. The van der Waals surface area contributed by atoms with E-state index in [9.17, 15) is 14.4 Å². The molecule has 7 heteroatoms. The number of Topliss-reactive ketones (excluding diaryl/α,β-unsaturated/α-hetero) is 2. The number of aryl methyl sites for hydroxylation is 4. The third kappa shape index (κ3) is 7.24. The second-order valence-corrected chi connectivity index (χ2v) is 12.7. The summed E-state index contributed by atoms with van der Waals surface area (Å²) in [5.74, 6) is 0.605. The number of hydrogen-bond donors (Lipinski definition) is 0. The van der Waals surface area contributed by atoms with Gasteiger partial charge in [0.15, 0.2) is 0 Å². The van der Waals surface area contributed by atoms with E-state index in [1.807, 2.05) is 55.8 Å². The number of carbonyl (C=O) groups excluding carboxylic acids is 2. The van der Waals surface area contributed by atoms with Crippen molar-refractivity contribution in [2.45, 2.75) is 58.3 Å². The van der Waals surface area contributed by atoms with Crippen molar-refractivity contribution in [2.24, 2.45) is 7.05 Å². The van der Waals surface area contributed by atoms with Crippen LogP contribution < -0.4 is 5.56 Å². The normalized spacial score (nSPS) is 13.8. The fraction of sp³-hybridized carbons (Fsp3) is 0.256. The zero-order valence-corrected chi connectivity index (χ0v) is 26.9. The first-order valence-corrected chi connectivity index (χ1v) is 16.0. The molecule has 2 aliphatic rings. The van der Waals surface area contributed by atoms with Crippen molar-refractivity contribution in [3.8, 4) is 11.1 Å². The highest BCUT2D eigenvalue weighted by atomic mass is 35.5. The number of halogens is 1. The molecule has 5 aromatic rings. The molecule has 46 heavy (non-hydrogen) atoms. The standard InChI is InChI=1S/C23H22N2O2.C16H14ClNO/c1-15-8-20(14-25(2)23(15)27)22-12-18-11-21(26)6-5-17(18)10-19(22)9-16-4-3-7-24-13-16;17-16-9-13-8-15(19)4-3-12(13)7-14(16)6-11-2-1-5-18-10-11/h3-4,7-8,10,12-14H,5-6,9,11H2,1-2H3;1-2,5,7,9-10H,3-4,6,8H2. The molecule has 6 nitrogen and oxygen atoms in total. The SMILES string of the molecule is Cc1cc(-c2cc3c(cc2Cc2cccnc2)CCC(=O)C3)cn(C)c1=O.O=C1CCc2cc(Cc3cccnc3)c(Cl)cc2C1. The summed E-state index contributed by atoms with van der Waals surface area (Å²) in [6.07, 6.45) is 14.7. The van der Waals surface area contributed by atoms with Crippen LogP contribution in [-0.4, -0.2) is 26.1 Å². The topological polar surface area (TPSA) is 81.9 Å². The number of ketones is 2. The number of nitrogens with zero attached hydrogens (tertiary/aromatic N) is 3. The van der Waals surface area contributed by atoms with Crippen molar-refractivity contribution in [1.82, 2.24) is 14.5 Å². The van der Waals surface area contributed by atoms with Gasteiger partial charge in [-0.25, -0.2) is 0 Å². The summed E-state index contributed by atoms with van der Waals surface area (Å²) in [6, 6.07) is 18.4. The molecule has 7 rings (SSSR count). The molecule has 0 bridgehead atoms. The highest BCUT2D eigenvalue weighted by Gasteiger charge is 2.20. The number of carbonyl (C=O) groups is 2. The molecular weight excluding hydrogens is 594 g/mol. The van der Waals surface area contributed by atoms with Gasteiger partial charge in [-0.15, -0.1) is 0 Å². The maximum absolute atomic E-state index is 12.1. The van der Waals surface area contributed by atoms with Gasteiger partial charge in [0.05, 0.1) is 0 Å². The summed E-state index contributed by atoms with van der Waals surface area (Å²) in [5, 5.41) is 0.748. The molecule has 0 saturated carbocycles. The Hall–Kier alpha value is -4.68. The Bertz CT molecular complexity index is 1960. The van der Waals surface area contributed by atoms with Crippen molar-refractivity contribution in [3.63, 3.8) is 0 Å². The summed E-state index contributed by atoms with van der Waals surface area (Å²) in [5.41, 5.74) is 12.2. The third-order valence-corrected chi connectivity index (χ3v) is 9.18. The van der Waals surface area contributed by atoms with Gasteiger partial charge in [0.1, 0.15) is 11.6 Å². The lowest BCUT2D eigenvalue weighted by atomic mass is 9.84. The Morgan fingerprint density at radius 1 is 0.717 bits per heavy atom. The van der Waals surface area contributed by atoms with Crippen LogP contribution in [0.4, 0.5) is 0 Å². The highest BCUT2D eigenvalue weighted by molar-refractivity contribution is 6.31. The zero-order chi connectivity index (χ0) is 32.2. The number of rotatable bonds is 5. The molecule has 2 aromatic carbocycles. The van der Waals surface area contributed by atoms with Gasteiger partial charge >= 0.3 is 0 Å². The quantitative estimate of drug-likeness (QED) is 0.214. The summed E-state index contributed by atoms with van der Waals surface area (Å²) in [7, 11) is 1.78.